The van der Waals surface area contributed by atoms with Crippen molar-refractivity contribution in [2.75, 3.05) is 31.1 Å². The Morgan fingerprint density at radius 1 is 1.04 bits per heavy atom. The van der Waals surface area contributed by atoms with Gasteiger partial charge in [0.15, 0.2) is 0 Å². The summed E-state index contributed by atoms with van der Waals surface area (Å²) in [5.41, 5.74) is 1.42. The molecule has 0 atom stereocenters. The van der Waals surface area contributed by atoms with Crippen molar-refractivity contribution in [3.05, 3.63) is 54.1 Å². The highest BCUT2D eigenvalue weighted by molar-refractivity contribution is 7.13. The Kier molecular flexibility index (Phi) is 4.34. The molecule has 25 heavy (non-hydrogen) atoms. The first-order chi connectivity index (χ1) is 12.3. The van der Waals surface area contributed by atoms with Gasteiger partial charge in [-0.05, 0) is 18.2 Å². The van der Waals surface area contributed by atoms with Crippen LogP contribution in [0.4, 0.5) is 5.95 Å². The van der Waals surface area contributed by atoms with Crippen LogP contribution in [0.3, 0.4) is 0 Å². The van der Waals surface area contributed by atoms with E-state index in [1.165, 1.54) is 11.3 Å². The Hall–Kier alpha value is -2.87. The molecular formula is C17H16N6OS. The second-order valence-electron chi connectivity index (χ2n) is 5.61. The van der Waals surface area contributed by atoms with Crippen molar-refractivity contribution in [3.63, 3.8) is 0 Å². The first kappa shape index (κ1) is 15.6. The van der Waals surface area contributed by atoms with Gasteiger partial charge in [0.2, 0.25) is 5.95 Å². The fourth-order valence-electron chi connectivity index (χ4n) is 2.72. The standard InChI is InChI=1S/C17H16N6OS/c24-16(14-12-25-15(21-14)13-3-1-4-18-11-13)22-7-9-23(10-8-22)17-19-5-2-6-20-17/h1-6,11-12H,7-10H2. The van der Waals surface area contributed by atoms with E-state index in [-0.39, 0.29) is 5.91 Å². The number of aromatic nitrogens is 4. The van der Waals surface area contributed by atoms with Crippen molar-refractivity contribution in [2.24, 2.45) is 0 Å². The number of rotatable bonds is 3. The lowest BCUT2D eigenvalue weighted by atomic mass is 10.3. The van der Waals surface area contributed by atoms with Gasteiger partial charge in [-0.15, -0.1) is 11.3 Å². The fourth-order valence-corrected chi connectivity index (χ4v) is 3.50. The highest BCUT2D eigenvalue weighted by Crippen LogP contribution is 2.23. The smallest absolute Gasteiger partial charge is 0.273 e. The number of nitrogens with zero attached hydrogens (tertiary/aromatic N) is 6. The van der Waals surface area contributed by atoms with Gasteiger partial charge in [0.05, 0.1) is 0 Å². The number of pyridine rings is 1. The van der Waals surface area contributed by atoms with Crippen molar-refractivity contribution < 1.29 is 4.79 Å². The van der Waals surface area contributed by atoms with Crippen LogP contribution in [0, 0.1) is 0 Å². The molecule has 1 saturated heterocycles. The summed E-state index contributed by atoms with van der Waals surface area (Å²) in [5, 5.41) is 2.63. The molecule has 3 aromatic heterocycles. The van der Waals surface area contributed by atoms with Crippen LogP contribution < -0.4 is 4.90 Å². The molecule has 4 rings (SSSR count). The van der Waals surface area contributed by atoms with E-state index in [2.05, 4.69) is 24.8 Å². The van der Waals surface area contributed by atoms with E-state index < -0.39 is 0 Å². The third-order valence-corrected chi connectivity index (χ3v) is 4.93. The Morgan fingerprint density at radius 2 is 1.84 bits per heavy atom. The topological polar surface area (TPSA) is 75.1 Å². The summed E-state index contributed by atoms with van der Waals surface area (Å²) in [5.74, 6) is 0.683. The van der Waals surface area contributed by atoms with Crippen LogP contribution in [-0.2, 0) is 0 Å². The highest BCUT2D eigenvalue weighted by atomic mass is 32.1. The van der Waals surface area contributed by atoms with Crippen molar-refractivity contribution in [2.45, 2.75) is 0 Å². The summed E-state index contributed by atoms with van der Waals surface area (Å²) < 4.78 is 0. The van der Waals surface area contributed by atoms with E-state index in [9.17, 15) is 4.79 Å². The minimum Gasteiger partial charge on any atom is -0.337 e. The molecule has 1 amide bonds. The summed E-state index contributed by atoms with van der Waals surface area (Å²) in [7, 11) is 0. The van der Waals surface area contributed by atoms with E-state index >= 15 is 0 Å². The molecule has 0 bridgehead atoms. The van der Waals surface area contributed by atoms with Crippen LogP contribution in [0.1, 0.15) is 10.5 Å². The molecule has 3 aromatic rings. The van der Waals surface area contributed by atoms with Crippen molar-refractivity contribution >= 4 is 23.2 Å². The molecule has 126 valence electrons. The van der Waals surface area contributed by atoms with Crippen LogP contribution >= 0.6 is 11.3 Å². The molecule has 4 heterocycles. The molecule has 8 heteroatoms. The monoisotopic (exact) mass is 352 g/mol. The van der Waals surface area contributed by atoms with E-state index in [1.54, 1.807) is 30.9 Å². The molecule has 0 aromatic carbocycles. The lowest BCUT2D eigenvalue weighted by Gasteiger charge is -2.34. The van der Waals surface area contributed by atoms with Gasteiger partial charge in [-0.25, -0.2) is 15.0 Å². The normalized spacial score (nSPS) is 14.6. The van der Waals surface area contributed by atoms with Gasteiger partial charge in [0.1, 0.15) is 10.7 Å². The maximum absolute atomic E-state index is 12.7. The van der Waals surface area contributed by atoms with Crippen molar-refractivity contribution in [1.29, 1.82) is 0 Å². The van der Waals surface area contributed by atoms with Gasteiger partial charge in [-0.3, -0.25) is 9.78 Å². The lowest BCUT2D eigenvalue weighted by Crippen LogP contribution is -2.49. The second-order valence-corrected chi connectivity index (χ2v) is 6.47. The third-order valence-electron chi connectivity index (χ3n) is 4.03. The molecular weight excluding hydrogens is 336 g/mol. The predicted molar refractivity (Wildman–Crippen MR) is 95.5 cm³/mol. The van der Waals surface area contributed by atoms with Crippen molar-refractivity contribution in [3.8, 4) is 10.6 Å². The molecule has 1 aliphatic rings. The number of amides is 1. The Morgan fingerprint density at radius 3 is 2.56 bits per heavy atom. The van der Waals surface area contributed by atoms with Crippen LogP contribution in [-0.4, -0.2) is 56.9 Å². The number of anilines is 1. The summed E-state index contributed by atoms with van der Waals surface area (Å²) in [6.07, 6.45) is 6.94. The van der Waals surface area contributed by atoms with Crippen LogP contribution in [0.25, 0.3) is 10.6 Å². The SMILES string of the molecule is O=C(c1csc(-c2cccnc2)n1)N1CCN(c2ncccn2)CC1. The second kappa shape index (κ2) is 6.94. The number of hydrogen-bond acceptors (Lipinski definition) is 7. The molecule has 1 aliphatic heterocycles. The highest BCUT2D eigenvalue weighted by Gasteiger charge is 2.25. The van der Waals surface area contributed by atoms with Gasteiger partial charge in [-0.1, -0.05) is 0 Å². The molecule has 0 aliphatic carbocycles. The predicted octanol–water partition coefficient (Wildman–Crippen LogP) is 1.96. The minimum absolute atomic E-state index is 0.0278. The number of carbonyl (C=O) groups is 1. The number of hydrogen-bond donors (Lipinski definition) is 0. The van der Waals surface area contributed by atoms with E-state index in [0.717, 1.165) is 23.7 Å². The lowest BCUT2D eigenvalue weighted by molar-refractivity contribution is 0.0741. The first-order valence-electron chi connectivity index (χ1n) is 7.98. The summed E-state index contributed by atoms with van der Waals surface area (Å²) >= 11 is 1.46. The van der Waals surface area contributed by atoms with E-state index in [1.807, 2.05) is 22.4 Å². The van der Waals surface area contributed by atoms with Crippen LogP contribution in [0.2, 0.25) is 0 Å². The molecule has 0 unspecified atom stereocenters. The van der Waals surface area contributed by atoms with Gasteiger partial charge < -0.3 is 9.80 Å². The van der Waals surface area contributed by atoms with Gasteiger partial charge in [-0.2, -0.15) is 0 Å². The molecule has 0 saturated carbocycles. The zero-order chi connectivity index (χ0) is 17.1. The van der Waals surface area contributed by atoms with Gasteiger partial charge in [0.25, 0.3) is 5.91 Å². The van der Waals surface area contributed by atoms with E-state index in [0.29, 0.717) is 24.7 Å². The van der Waals surface area contributed by atoms with Crippen molar-refractivity contribution in [1.82, 2.24) is 24.8 Å². The number of thiazole rings is 1. The first-order valence-corrected chi connectivity index (χ1v) is 8.86. The molecule has 1 fully saturated rings. The molecule has 7 nitrogen and oxygen atoms in total. The van der Waals surface area contributed by atoms with Crippen LogP contribution in [0.15, 0.2) is 48.4 Å². The van der Waals surface area contributed by atoms with Gasteiger partial charge in [0, 0.05) is 61.9 Å². The zero-order valence-electron chi connectivity index (χ0n) is 13.4. The summed E-state index contributed by atoms with van der Waals surface area (Å²) in [4.78, 5) is 33.7. The third kappa shape index (κ3) is 3.34. The summed E-state index contributed by atoms with van der Waals surface area (Å²) in [6, 6.07) is 5.60. The zero-order valence-corrected chi connectivity index (χ0v) is 14.3. The van der Waals surface area contributed by atoms with Gasteiger partial charge >= 0.3 is 0 Å². The maximum atomic E-state index is 12.7. The largest absolute Gasteiger partial charge is 0.337 e. The average molecular weight is 352 g/mol. The molecule has 0 radical (unpaired) electrons. The number of carbonyl (C=O) groups excluding carboxylic acids is 1. The fraction of sp³-hybridized carbons (Fsp3) is 0.235. The Bertz CT molecular complexity index is 846. The quantitative estimate of drug-likeness (QED) is 0.717. The minimum atomic E-state index is -0.0278. The van der Waals surface area contributed by atoms with Crippen LogP contribution in [0.5, 0.6) is 0 Å². The average Bonchev–Trinajstić information content (AvgIpc) is 3.19. The molecule has 0 spiro atoms. The van der Waals surface area contributed by atoms with E-state index in [4.69, 9.17) is 0 Å². The number of piperazine rings is 1. The maximum Gasteiger partial charge on any atom is 0.273 e. The Labute approximate surface area is 149 Å². The Balaban J connectivity index is 1.42. The molecule has 0 N–H and O–H groups in total. The summed E-state index contributed by atoms with van der Waals surface area (Å²) in [6.45, 7) is 2.71.